The zero-order chi connectivity index (χ0) is 20.8. The number of hydrogen-bond acceptors (Lipinski definition) is 7. The van der Waals surface area contributed by atoms with E-state index in [4.69, 9.17) is 10.5 Å². The molecule has 0 saturated carbocycles. The summed E-state index contributed by atoms with van der Waals surface area (Å²) in [4.78, 5) is 41.4. The Hall–Kier alpha value is -1.97. The summed E-state index contributed by atoms with van der Waals surface area (Å²) in [5.74, 6) is -1.42. The average Bonchev–Trinajstić information content (AvgIpc) is 2.92. The monoisotopic (exact) mass is 410 g/mol. The molecule has 0 bridgehead atoms. The normalized spacial score (nSPS) is 15.6. The molecule has 156 valence electrons. The molecule has 0 unspecified atom stereocenters. The second-order valence-electron chi connectivity index (χ2n) is 7.24. The van der Waals surface area contributed by atoms with E-state index in [0.717, 1.165) is 50.5 Å². The van der Waals surface area contributed by atoms with Crippen LogP contribution in [-0.2, 0) is 9.53 Å². The number of thiophene rings is 1. The molecular weight excluding hydrogens is 380 g/mol. The molecule has 0 radical (unpaired) electrons. The highest BCUT2D eigenvalue weighted by molar-refractivity contribution is 7.18. The first-order chi connectivity index (χ1) is 13.2. The van der Waals surface area contributed by atoms with Crippen LogP contribution in [0.1, 0.15) is 52.8 Å². The molecule has 1 aliphatic heterocycles. The molecular formula is C19H30N4O4S. The van der Waals surface area contributed by atoms with Gasteiger partial charge in [-0.05, 0) is 39.3 Å². The van der Waals surface area contributed by atoms with Crippen molar-refractivity contribution in [2.24, 2.45) is 5.73 Å². The summed E-state index contributed by atoms with van der Waals surface area (Å²) in [6.45, 7) is 12.1. The SMILES string of the molecule is CCCN1CCN(CC(=O)Nc2sc(C(N)=O)c(C)c2C(=O)OC(C)C)CC1. The van der Waals surface area contributed by atoms with E-state index in [-0.39, 0.29) is 29.0 Å². The van der Waals surface area contributed by atoms with Crippen LogP contribution in [0.3, 0.4) is 0 Å². The van der Waals surface area contributed by atoms with Crippen LogP contribution in [0, 0.1) is 6.92 Å². The van der Waals surface area contributed by atoms with Crippen molar-refractivity contribution in [3.63, 3.8) is 0 Å². The highest BCUT2D eigenvalue weighted by Crippen LogP contribution is 2.33. The number of piperazine rings is 1. The van der Waals surface area contributed by atoms with Gasteiger partial charge in [0, 0.05) is 26.2 Å². The van der Waals surface area contributed by atoms with Crippen molar-refractivity contribution in [3.8, 4) is 0 Å². The third-order valence-electron chi connectivity index (χ3n) is 4.54. The van der Waals surface area contributed by atoms with Crippen molar-refractivity contribution < 1.29 is 19.1 Å². The van der Waals surface area contributed by atoms with Crippen molar-refractivity contribution in [2.45, 2.75) is 40.2 Å². The van der Waals surface area contributed by atoms with Crippen molar-refractivity contribution >= 4 is 34.1 Å². The Labute approximate surface area is 170 Å². The molecule has 1 aromatic heterocycles. The minimum Gasteiger partial charge on any atom is -0.459 e. The number of esters is 1. The zero-order valence-electron chi connectivity index (χ0n) is 17.0. The summed E-state index contributed by atoms with van der Waals surface area (Å²) >= 11 is 1.01. The molecule has 2 amide bonds. The molecule has 0 aromatic carbocycles. The van der Waals surface area contributed by atoms with Gasteiger partial charge in [0.15, 0.2) is 0 Å². The molecule has 1 aliphatic rings. The van der Waals surface area contributed by atoms with Crippen LogP contribution in [0.2, 0.25) is 0 Å². The summed E-state index contributed by atoms with van der Waals surface area (Å²) in [5.41, 5.74) is 6.05. The molecule has 0 aliphatic carbocycles. The van der Waals surface area contributed by atoms with Crippen molar-refractivity contribution in [1.29, 1.82) is 0 Å². The Morgan fingerprint density at radius 1 is 1.18 bits per heavy atom. The van der Waals surface area contributed by atoms with Gasteiger partial charge in [0.1, 0.15) is 5.00 Å². The van der Waals surface area contributed by atoms with Gasteiger partial charge in [0.05, 0.1) is 23.1 Å². The van der Waals surface area contributed by atoms with Gasteiger partial charge in [-0.15, -0.1) is 11.3 Å². The summed E-state index contributed by atoms with van der Waals surface area (Å²) in [5, 5.41) is 3.09. The summed E-state index contributed by atoms with van der Waals surface area (Å²) in [6.07, 6.45) is 0.808. The van der Waals surface area contributed by atoms with Gasteiger partial charge in [-0.1, -0.05) is 6.92 Å². The highest BCUT2D eigenvalue weighted by atomic mass is 32.1. The maximum absolute atomic E-state index is 12.5. The molecule has 1 aromatic rings. The van der Waals surface area contributed by atoms with Crippen LogP contribution in [0.5, 0.6) is 0 Å². The van der Waals surface area contributed by atoms with Crippen LogP contribution in [-0.4, -0.2) is 73.0 Å². The fraction of sp³-hybridized carbons (Fsp3) is 0.632. The molecule has 3 N–H and O–H groups in total. The quantitative estimate of drug-likeness (QED) is 0.632. The minimum absolute atomic E-state index is 0.202. The van der Waals surface area contributed by atoms with Gasteiger partial charge in [0.25, 0.3) is 5.91 Å². The number of carbonyl (C=O) groups is 3. The van der Waals surface area contributed by atoms with Crippen LogP contribution in [0.15, 0.2) is 0 Å². The van der Waals surface area contributed by atoms with E-state index >= 15 is 0 Å². The van der Waals surface area contributed by atoms with Gasteiger partial charge in [-0.2, -0.15) is 0 Å². The lowest BCUT2D eigenvalue weighted by Crippen LogP contribution is -2.48. The van der Waals surface area contributed by atoms with E-state index in [2.05, 4.69) is 22.0 Å². The van der Waals surface area contributed by atoms with Gasteiger partial charge in [-0.25, -0.2) is 4.79 Å². The predicted molar refractivity (Wildman–Crippen MR) is 110 cm³/mol. The van der Waals surface area contributed by atoms with Crippen LogP contribution < -0.4 is 11.1 Å². The second kappa shape index (κ2) is 9.99. The molecule has 8 nitrogen and oxygen atoms in total. The highest BCUT2D eigenvalue weighted by Gasteiger charge is 2.27. The first kappa shape index (κ1) is 22.3. The number of nitrogens with two attached hydrogens (primary N) is 1. The third-order valence-corrected chi connectivity index (χ3v) is 5.76. The largest absolute Gasteiger partial charge is 0.459 e. The Kier molecular flexibility index (Phi) is 7.97. The Morgan fingerprint density at radius 2 is 1.79 bits per heavy atom. The number of nitrogens with zero attached hydrogens (tertiary/aromatic N) is 2. The summed E-state index contributed by atoms with van der Waals surface area (Å²) in [7, 11) is 0. The molecule has 1 saturated heterocycles. The van der Waals surface area contributed by atoms with Crippen molar-refractivity contribution in [1.82, 2.24) is 9.80 Å². The number of ether oxygens (including phenoxy) is 1. The fourth-order valence-electron chi connectivity index (χ4n) is 3.21. The standard InChI is InChI=1S/C19H30N4O4S/c1-5-6-22-7-9-23(10-8-22)11-14(24)21-18-15(19(26)27-12(2)3)13(4)16(28-18)17(20)25/h12H,5-11H2,1-4H3,(H2,20,25)(H,21,24). The predicted octanol–water partition coefficient (Wildman–Crippen LogP) is 1.69. The van der Waals surface area contributed by atoms with E-state index in [1.165, 1.54) is 0 Å². The number of hydrogen-bond donors (Lipinski definition) is 2. The second-order valence-corrected chi connectivity index (χ2v) is 8.27. The van der Waals surface area contributed by atoms with E-state index in [0.29, 0.717) is 10.6 Å². The molecule has 9 heteroatoms. The van der Waals surface area contributed by atoms with Crippen molar-refractivity contribution in [3.05, 3.63) is 16.0 Å². The summed E-state index contributed by atoms with van der Waals surface area (Å²) < 4.78 is 5.27. The van der Waals surface area contributed by atoms with Gasteiger partial charge in [-0.3, -0.25) is 14.5 Å². The zero-order valence-corrected chi connectivity index (χ0v) is 17.9. The average molecular weight is 411 g/mol. The first-order valence-electron chi connectivity index (χ1n) is 9.61. The van der Waals surface area contributed by atoms with Gasteiger partial charge >= 0.3 is 5.97 Å². The van der Waals surface area contributed by atoms with Crippen LogP contribution in [0.25, 0.3) is 0 Å². The number of primary amides is 1. The van der Waals surface area contributed by atoms with E-state index in [1.807, 2.05) is 0 Å². The minimum atomic E-state index is -0.631. The Morgan fingerprint density at radius 3 is 2.32 bits per heavy atom. The first-order valence-corrected chi connectivity index (χ1v) is 10.4. The van der Waals surface area contributed by atoms with Crippen LogP contribution >= 0.6 is 11.3 Å². The van der Waals surface area contributed by atoms with E-state index in [1.54, 1.807) is 20.8 Å². The maximum Gasteiger partial charge on any atom is 0.341 e. The van der Waals surface area contributed by atoms with Crippen LogP contribution in [0.4, 0.5) is 5.00 Å². The molecule has 2 heterocycles. The molecule has 28 heavy (non-hydrogen) atoms. The number of anilines is 1. The number of amides is 2. The van der Waals surface area contributed by atoms with Gasteiger partial charge in [0.2, 0.25) is 5.91 Å². The molecule has 0 spiro atoms. The number of rotatable bonds is 8. The lowest BCUT2D eigenvalue weighted by molar-refractivity contribution is -0.117. The van der Waals surface area contributed by atoms with Gasteiger partial charge < -0.3 is 20.7 Å². The topological polar surface area (TPSA) is 105 Å². The molecule has 1 fully saturated rings. The third kappa shape index (κ3) is 5.76. The van der Waals surface area contributed by atoms with E-state index in [9.17, 15) is 14.4 Å². The number of nitrogens with one attached hydrogen (secondary N) is 1. The lowest BCUT2D eigenvalue weighted by Gasteiger charge is -2.34. The van der Waals surface area contributed by atoms with Crippen molar-refractivity contribution in [2.75, 3.05) is 44.6 Å². The lowest BCUT2D eigenvalue weighted by atomic mass is 10.1. The fourth-order valence-corrected chi connectivity index (χ4v) is 4.28. The Balaban J connectivity index is 2.08. The van der Waals surface area contributed by atoms with E-state index < -0.39 is 11.9 Å². The molecule has 2 rings (SSSR count). The number of carbonyl (C=O) groups excluding carboxylic acids is 3. The Bertz CT molecular complexity index is 724. The maximum atomic E-state index is 12.5. The summed E-state index contributed by atoms with van der Waals surface area (Å²) in [6, 6.07) is 0. The smallest absolute Gasteiger partial charge is 0.341 e. The molecule has 0 atom stereocenters.